The number of amides is 11. The van der Waals surface area contributed by atoms with Gasteiger partial charge in [0.2, 0.25) is 65.0 Å². The van der Waals surface area contributed by atoms with Crippen LogP contribution in [0.2, 0.25) is 5.02 Å². The van der Waals surface area contributed by atoms with Crippen molar-refractivity contribution in [1.29, 1.82) is 0 Å². The molecule has 0 radical (unpaired) electrons. The van der Waals surface area contributed by atoms with Gasteiger partial charge in [0, 0.05) is 68.2 Å². The molecule has 95 heavy (non-hydrogen) atoms. The summed E-state index contributed by atoms with van der Waals surface area (Å²) < 4.78 is 73.4. The zero-order chi connectivity index (χ0) is 70.8. The summed E-state index contributed by atoms with van der Waals surface area (Å²) in [4.78, 5) is 170. The highest BCUT2D eigenvalue weighted by atomic mass is 35.5. The van der Waals surface area contributed by atoms with Crippen molar-refractivity contribution < 1.29 is 74.7 Å². The molecule has 1 spiro atoms. The number of nitrogens with zero attached hydrogens (tertiary/aromatic N) is 8. The number of rotatable bonds is 10. The molecule has 0 aromatic heterocycles. The van der Waals surface area contributed by atoms with Gasteiger partial charge in [-0.05, 0) is 99.7 Å². The third-order valence-corrected chi connectivity index (χ3v) is 20.8. The minimum Gasteiger partial charge on any atom is -0.343 e. The van der Waals surface area contributed by atoms with Gasteiger partial charge in [0.15, 0.2) is 0 Å². The van der Waals surface area contributed by atoms with Crippen molar-refractivity contribution in [2.24, 2.45) is 23.7 Å². The Kier molecular flexibility index (Phi) is 26.9. The average Bonchev–Trinajstić information content (AvgIpc) is 1.70. The summed E-state index contributed by atoms with van der Waals surface area (Å²) in [7, 11) is 9.82. The van der Waals surface area contributed by atoms with Crippen LogP contribution < -0.4 is 16.0 Å². The third kappa shape index (κ3) is 19.6. The van der Waals surface area contributed by atoms with Gasteiger partial charge < -0.3 is 55.1 Å². The maximum Gasteiger partial charge on any atom is 0.417 e. The molecule has 6 rings (SSSR count). The number of alkyl halides is 5. The van der Waals surface area contributed by atoms with E-state index in [4.69, 9.17) is 11.6 Å². The Morgan fingerprint density at radius 1 is 0.653 bits per heavy atom. The van der Waals surface area contributed by atoms with Crippen LogP contribution in [0.4, 0.5) is 22.0 Å². The fourth-order valence-electron chi connectivity index (χ4n) is 14.2. The summed E-state index contributed by atoms with van der Waals surface area (Å²) in [6.45, 7) is 5.82. The van der Waals surface area contributed by atoms with Crippen molar-refractivity contribution in [3.63, 3.8) is 0 Å². The molecular weight excluding hydrogens is 1270 g/mol. The molecule has 2 heterocycles. The number of halogens is 6. The lowest BCUT2D eigenvalue weighted by molar-refractivity contribution is -0.153. The molecule has 3 N–H and O–H groups in total. The Labute approximate surface area is 560 Å². The van der Waals surface area contributed by atoms with E-state index in [1.165, 1.54) is 68.9 Å². The van der Waals surface area contributed by atoms with Crippen molar-refractivity contribution in [3.05, 3.63) is 34.3 Å². The highest BCUT2D eigenvalue weighted by Gasteiger charge is 2.55. The van der Waals surface area contributed by atoms with Gasteiger partial charge in [-0.3, -0.25) is 52.7 Å². The number of carbonyl (C=O) groups is 11. The lowest BCUT2D eigenvalue weighted by Gasteiger charge is -2.41. The topological polar surface area (TPSA) is 250 Å². The average molecular weight is 1370 g/mol. The monoisotopic (exact) mass is 1370 g/mol. The molecule has 5 aliphatic rings. The van der Waals surface area contributed by atoms with Crippen molar-refractivity contribution in [1.82, 2.24) is 55.1 Å². The predicted octanol–water partition coefficient (Wildman–Crippen LogP) is 6.29. The van der Waals surface area contributed by atoms with Gasteiger partial charge in [-0.15, -0.1) is 0 Å². The van der Waals surface area contributed by atoms with E-state index in [0.29, 0.717) is 37.0 Å². The first-order valence-electron chi connectivity index (χ1n) is 33.7. The largest absolute Gasteiger partial charge is 0.417 e. The van der Waals surface area contributed by atoms with Crippen molar-refractivity contribution in [2.75, 3.05) is 75.5 Å². The minimum absolute atomic E-state index is 0.0312. The van der Waals surface area contributed by atoms with Gasteiger partial charge in [0.05, 0.1) is 36.8 Å². The van der Waals surface area contributed by atoms with E-state index in [2.05, 4.69) is 16.0 Å². The first-order chi connectivity index (χ1) is 44.4. The Balaban J connectivity index is 1.41. The van der Waals surface area contributed by atoms with Crippen LogP contribution >= 0.6 is 11.6 Å². The zero-order valence-electron chi connectivity index (χ0n) is 57.4. The van der Waals surface area contributed by atoms with Crippen LogP contribution in [0.3, 0.4) is 0 Å². The summed E-state index contributed by atoms with van der Waals surface area (Å²) in [5, 5.41) is 7.54. The standard InChI is InChI=1S/C67H101ClF5N11O11/c1-13-41(4)56-62(93)79(8)37-54(87)77(6)38-55(88)82(11)50(34-43-21-15-14-16-22-43)61(92)78(7)36-52(85)74-48(28-26-44-25-27-46(47(68)33-44)67(71,72)73)60(91)84-39-66(69,70)35-51(84)59(90)76-65(29-19-20-30-65)64(95)83(12)57(45-23-17-18-24-45)63(94)80(9)42(5)32-53(86)81(10)49(31-40(2)3)58(89)75-56/h25,27,33,40-43,45,48-51,56-57H,13-24,26,28-32,34-39H2,1-12H3,(H,74,85)(H,75,89)(H,76,90)/t41-,42+,48-,49-,50-,51-,56-,57-/m0/s1. The highest BCUT2D eigenvalue weighted by molar-refractivity contribution is 6.31. The van der Waals surface area contributed by atoms with E-state index in [1.54, 1.807) is 13.8 Å². The van der Waals surface area contributed by atoms with Gasteiger partial charge in [-0.1, -0.05) is 110 Å². The fourth-order valence-corrected chi connectivity index (χ4v) is 14.5. The van der Waals surface area contributed by atoms with E-state index in [-0.39, 0.29) is 61.8 Å². The van der Waals surface area contributed by atoms with Crippen LogP contribution in [0, 0.1) is 23.7 Å². The first-order valence-corrected chi connectivity index (χ1v) is 34.0. The molecule has 3 saturated carbocycles. The zero-order valence-corrected chi connectivity index (χ0v) is 58.1. The van der Waals surface area contributed by atoms with Crippen molar-refractivity contribution in [3.8, 4) is 0 Å². The second-order valence-corrected chi connectivity index (χ2v) is 28.5. The molecule has 2 aliphatic heterocycles. The molecule has 28 heteroatoms. The summed E-state index contributed by atoms with van der Waals surface area (Å²) in [5.41, 5.74) is -2.73. The normalized spacial score (nSPS) is 27.2. The molecule has 5 fully saturated rings. The molecule has 1 aromatic rings. The molecule has 11 amide bonds. The maximum atomic E-state index is 16.0. The SMILES string of the molecule is CC[C@H](C)[C@@H]1NC(=O)[C@H](CC(C)C)N(C)C(=O)C[C@@H](C)N(C)C(=O)[C@H](C2CCCC2)N(C)C(=O)C2(CCCC2)NC(=O)[C@@H]2CC(F)(F)CN2C(=O)[C@H](CCc2ccc(C(F)(F)F)c(Cl)c2)NC(=O)CN(C)C(=O)[C@H](CC2CCCCC2)N(C)C(=O)CN(C)C(=O)CN(C)C1=O. The van der Waals surface area contributed by atoms with E-state index < -0.39 is 180 Å². The fraction of sp³-hybridized carbons (Fsp3) is 0.746. The second-order valence-electron chi connectivity index (χ2n) is 28.1. The number of aryl methyl sites for hydroxylation is 1. The van der Waals surface area contributed by atoms with E-state index in [0.717, 1.165) is 77.8 Å². The molecule has 2 saturated heterocycles. The smallest absolute Gasteiger partial charge is 0.343 e. The Morgan fingerprint density at radius 2 is 1.24 bits per heavy atom. The predicted molar refractivity (Wildman–Crippen MR) is 345 cm³/mol. The van der Waals surface area contributed by atoms with Crippen LogP contribution in [0.25, 0.3) is 0 Å². The molecule has 0 bridgehead atoms. The number of hydrogen-bond acceptors (Lipinski definition) is 11. The summed E-state index contributed by atoms with van der Waals surface area (Å²) >= 11 is 6.08. The second kappa shape index (κ2) is 33.1. The Hall–Kier alpha value is -6.67. The van der Waals surface area contributed by atoms with Crippen LogP contribution in [0.5, 0.6) is 0 Å². The van der Waals surface area contributed by atoms with Crippen LogP contribution in [0.15, 0.2) is 18.2 Å². The first kappa shape index (κ1) is 77.3. The summed E-state index contributed by atoms with van der Waals surface area (Å²) in [5.74, 6) is -13.0. The van der Waals surface area contributed by atoms with E-state index in [1.807, 2.05) is 20.8 Å². The van der Waals surface area contributed by atoms with Gasteiger partial charge in [-0.25, -0.2) is 8.78 Å². The van der Waals surface area contributed by atoms with Crippen LogP contribution in [-0.4, -0.2) is 233 Å². The number of hydrogen-bond donors (Lipinski definition) is 3. The molecule has 0 unspecified atom stereocenters. The maximum absolute atomic E-state index is 16.0. The summed E-state index contributed by atoms with van der Waals surface area (Å²) in [6.07, 6.45) is 1.38. The molecule has 3 aliphatic carbocycles. The number of nitrogens with one attached hydrogen (secondary N) is 3. The van der Waals surface area contributed by atoms with Crippen LogP contribution in [0.1, 0.15) is 168 Å². The molecule has 532 valence electrons. The van der Waals surface area contributed by atoms with Crippen molar-refractivity contribution >= 4 is 76.6 Å². The molecular formula is C67H101ClF5N11O11. The van der Waals surface area contributed by atoms with Gasteiger partial charge in [-0.2, -0.15) is 13.2 Å². The van der Waals surface area contributed by atoms with E-state index in [9.17, 15) is 51.5 Å². The number of carbonyl (C=O) groups excluding carboxylic acids is 11. The summed E-state index contributed by atoms with van der Waals surface area (Å²) in [6, 6.07) is -6.23. The molecule has 8 atom stereocenters. The van der Waals surface area contributed by atoms with Gasteiger partial charge >= 0.3 is 6.18 Å². The van der Waals surface area contributed by atoms with Gasteiger partial charge in [0.25, 0.3) is 5.92 Å². The number of fused-ring (bicyclic) bond motifs is 1. The van der Waals surface area contributed by atoms with Gasteiger partial charge in [0.1, 0.15) is 41.8 Å². The lowest BCUT2D eigenvalue weighted by atomic mass is 9.84. The van der Waals surface area contributed by atoms with Crippen LogP contribution in [-0.2, 0) is 65.3 Å². The highest BCUT2D eigenvalue weighted by Crippen LogP contribution is 2.40. The third-order valence-electron chi connectivity index (χ3n) is 20.5. The molecule has 22 nitrogen and oxygen atoms in total. The Bertz CT molecular complexity index is 2960. The number of likely N-dealkylation sites (N-methyl/N-ethyl adjacent to an activating group) is 7. The molecule has 1 aromatic carbocycles. The lowest BCUT2D eigenvalue weighted by Crippen LogP contribution is -2.64. The minimum atomic E-state index is -4.82. The van der Waals surface area contributed by atoms with Crippen molar-refractivity contribution in [2.45, 2.75) is 223 Å². The number of benzene rings is 1. The Morgan fingerprint density at radius 3 is 1.83 bits per heavy atom. The quantitative estimate of drug-likeness (QED) is 0.220. The van der Waals surface area contributed by atoms with E-state index >= 15 is 23.2 Å².